The van der Waals surface area contributed by atoms with E-state index in [1.54, 1.807) is 0 Å². The highest BCUT2D eigenvalue weighted by Gasteiger charge is 2.44. The number of alkyl halides is 1. The molecule has 0 N–H and O–H groups in total. The van der Waals surface area contributed by atoms with Crippen LogP contribution in [0.15, 0.2) is 24.3 Å². The van der Waals surface area contributed by atoms with E-state index < -0.39 is 0 Å². The Morgan fingerprint density at radius 3 is 2.81 bits per heavy atom. The molecule has 0 amide bonds. The van der Waals surface area contributed by atoms with Crippen LogP contribution in [0.3, 0.4) is 0 Å². The van der Waals surface area contributed by atoms with Crippen LogP contribution in [-0.4, -0.2) is 17.9 Å². The second-order valence-corrected chi connectivity index (χ2v) is 6.00. The monoisotopic (exact) mass is 279 g/mol. The average molecular weight is 280 g/mol. The van der Waals surface area contributed by atoms with Gasteiger partial charge in [0.25, 0.3) is 0 Å². The summed E-state index contributed by atoms with van der Waals surface area (Å²) in [5.41, 5.74) is 3.58. The lowest BCUT2D eigenvalue weighted by Gasteiger charge is -2.29. The van der Waals surface area contributed by atoms with Crippen LogP contribution >= 0.6 is 15.9 Å². The number of benzene rings is 1. The van der Waals surface area contributed by atoms with Gasteiger partial charge in [-0.2, -0.15) is 0 Å². The zero-order valence-corrected chi connectivity index (χ0v) is 11.3. The van der Waals surface area contributed by atoms with Crippen molar-refractivity contribution in [2.24, 2.45) is 5.41 Å². The van der Waals surface area contributed by atoms with E-state index in [-0.39, 0.29) is 0 Å². The van der Waals surface area contributed by atoms with Gasteiger partial charge in [0.2, 0.25) is 0 Å². The second kappa shape index (κ2) is 3.76. The van der Waals surface area contributed by atoms with Gasteiger partial charge in [-0.1, -0.05) is 34.1 Å². The van der Waals surface area contributed by atoms with Gasteiger partial charge >= 0.3 is 0 Å². The van der Waals surface area contributed by atoms with Crippen molar-refractivity contribution in [3.05, 3.63) is 29.8 Å². The molecule has 2 heteroatoms. The number of hydrogen-bond donors (Lipinski definition) is 0. The Hall–Kier alpha value is -0.500. The van der Waals surface area contributed by atoms with Crippen molar-refractivity contribution in [2.75, 3.05) is 16.8 Å². The van der Waals surface area contributed by atoms with Gasteiger partial charge in [-0.3, -0.25) is 0 Å². The number of hydrogen-bond acceptors (Lipinski definition) is 1. The lowest BCUT2D eigenvalue weighted by molar-refractivity contribution is 0.532. The largest absolute Gasteiger partial charge is 0.368 e. The fourth-order valence-electron chi connectivity index (χ4n) is 2.74. The number of halogens is 1. The maximum absolute atomic E-state index is 3.67. The van der Waals surface area contributed by atoms with Gasteiger partial charge in [0.05, 0.1) is 0 Å². The minimum absolute atomic E-state index is 0.575. The Bertz CT molecular complexity index is 397. The Morgan fingerprint density at radius 1 is 1.38 bits per heavy atom. The zero-order chi connectivity index (χ0) is 11.2. The third-order valence-electron chi connectivity index (χ3n) is 4.09. The van der Waals surface area contributed by atoms with E-state index in [9.17, 15) is 0 Å². The van der Waals surface area contributed by atoms with Gasteiger partial charge < -0.3 is 4.90 Å². The van der Waals surface area contributed by atoms with Gasteiger partial charge in [-0.05, 0) is 43.2 Å². The molecule has 1 fully saturated rings. The lowest BCUT2D eigenvalue weighted by Crippen LogP contribution is -2.35. The van der Waals surface area contributed by atoms with E-state index in [0.29, 0.717) is 11.5 Å². The molecule has 1 aromatic rings. The number of para-hydroxylation sites is 1. The van der Waals surface area contributed by atoms with Crippen LogP contribution in [0.4, 0.5) is 5.69 Å². The van der Waals surface area contributed by atoms with Gasteiger partial charge in [-0.25, -0.2) is 0 Å². The van der Waals surface area contributed by atoms with Crippen LogP contribution in [0.2, 0.25) is 0 Å². The van der Waals surface area contributed by atoms with Gasteiger partial charge in [0.15, 0.2) is 0 Å². The van der Waals surface area contributed by atoms with Crippen molar-refractivity contribution in [2.45, 2.75) is 32.2 Å². The first-order chi connectivity index (χ1) is 7.74. The third kappa shape index (κ3) is 1.67. The molecule has 0 radical (unpaired) electrons. The van der Waals surface area contributed by atoms with Crippen molar-refractivity contribution in [1.29, 1.82) is 0 Å². The minimum Gasteiger partial charge on any atom is -0.368 e. The lowest BCUT2D eigenvalue weighted by atomic mass is 10.1. The van der Waals surface area contributed by atoms with Crippen LogP contribution in [0.1, 0.15) is 25.3 Å². The standard InChI is InChI=1S/C14H18BrN/c1-11-8-12-4-2-3-5-13(12)16(11)10-14(9-15)6-7-14/h2-5,11H,6-10H2,1H3. The van der Waals surface area contributed by atoms with E-state index >= 15 is 0 Å². The highest BCUT2D eigenvalue weighted by Crippen LogP contribution is 2.49. The predicted octanol–water partition coefficient (Wildman–Crippen LogP) is 3.61. The molecule has 0 aromatic heterocycles. The summed E-state index contributed by atoms with van der Waals surface area (Å²) in [5.74, 6) is 0. The third-order valence-corrected chi connectivity index (χ3v) is 5.28. The normalized spacial score (nSPS) is 25.6. The molecule has 0 spiro atoms. The zero-order valence-electron chi connectivity index (χ0n) is 9.75. The van der Waals surface area contributed by atoms with Crippen molar-refractivity contribution < 1.29 is 0 Å². The molecule has 1 nitrogen and oxygen atoms in total. The SMILES string of the molecule is CC1Cc2ccccc2N1CC1(CBr)CC1. The quantitative estimate of drug-likeness (QED) is 0.764. The van der Waals surface area contributed by atoms with E-state index in [0.717, 1.165) is 5.33 Å². The number of anilines is 1. The molecule has 86 valence electrons. The number of nitrogens with zero attached hydrogens (tertiary/aromatic N) is 1. The van der Waals surface area contributed by atoms with E-state index in [1.165, 1.54) is 37.1 Å². The fraction of sp³-hybridized carbons (Fsp3) is 0.571. The maximum atomic E-state index is 3.67. The van der Waals surface area contributed by atoms with Crippen molar-refractivity contribution in [3.63, 3.8) is 0 Å². The molecule has 16 heavy (non-hydrogen) atoms. The van der Waals surface area contributed by atoms with Gasteiger partial charge in [0, 0.05) is 23.6 Å². The van der Waals surface area contributed by atoms with Crippen LogP contribution in [-0.2, 0) is 6.42 Å². The second-order valence-electron chi connectivity index (χ2n) is 5.44. The molecular weight excluding hydrogens is 262 g/mol. The summed E-state index contributed by atoms with van der Waals surface area (Å²) >= 11 is 3.67. The van der Waals surface area contributed by atoms with Crippen molar-refractivity contribution >= 4 is 21.6 Å². The first kappa shape index (κ1) is 10.6. The minimum atomic E-state index is 0.575. The summed E-state index contributed by atoms with van der Waals surface area (Å²) in [7, 11) is 0. The molecule has 1 heterocycles. The summed E-state index contributed by atoms with van der Waals surface area (Å²) in [4.78, 5) is 2.61. The first-order valence-corrected chi connectivity index (χ1v) is 7.27. The number of fused-ring (bicyclic) bond motifs is 1. The fourth-order valence-corrected chi connectivity index (χ4v) is 3.48. The van der Waals surface area contributed by atoms with Crippen molar-refractivity contribution in [3.8, 4) is 0 Å². The molecule has 1 aromatic carbocycles. The molecule has 1 atom stereocenters. The summed E-state index contributed by atoms with van der Waals surface area (Å²) in [6, 6.07) is 9.56. The summed E-state index contributed by atoms with van der Waals surface area (Å²) in [6.07, 6.45) is 4.00. The highest BCUT2D eigenvalue weighted by molar-refractivity contribution is 9.09. The molecule has 0 saturated heterocycles. The number of rotatable bonds is 3. The Morgan fingerprint density at radius 2 is 2.12 bits per heavy atom. The van der Waals surface area contributed by atoms with Crippen LogP contribution in [0.25, 0.3) is 0 Å². The van der Waals surface area contributed by atoms with Gasteiger partial charge in [-0.15, -0.1) is 0 Å². The Kier molecular flexibility index (Phi) is 2.50. The van der Waals surface area contributed by atoms with Crippen LogP contribution in [0, 0.1) is 5.41 Å². The van der Waals surface area contributed by atoms with E-state index in [4.69, 9.17) is 0 Å². The Balaban J connectivity index is 1.85. The topological polar surface area (TPSA) is 3.24 Å². The highest BCUT2D eigenvalue weighted by atomic mass is 79.9. The van der Waals surface area contributed by atoms with E-state index in [2.05, 4.69) is 52.0 Å². The average Bonchev–Trinajstić information content (AvgIpc) is 3.01. The molecule has 1 aliphatic heterocycles. The van der Waals surface area contributed by atoms with Crippen LogP contribution < -0.4 is 4.90 Å². The molecular formula is C14H18BrN. The molecule has 3 rings (SSSR count). The molecule has 2 aliphatic rings. The predicted molar refractivity (Wildman–Crippen MR) is 72.4 cm³/mol. The van der Waals surface area contributed by atoms with Crippen LogP contribution in [0.5, 0.6) is 0 Å². The van der Waals surface area contributed by atoms with Crippen molar-refractivity contribution in [1.82, 2.24) is 0 Å². The Labute approximate surface area is 106 Å². The smallest absolute Gasteiger partial charge is 0.0402 e. The molecule has 1 saturated carbocycles. The summed E-state index contributed by atoms with van der Waals surface area (Å²) in [5, 5.41) is 1.16. The molecule has 1 aliphatic carbocycles. The first-order valence-electron chi connectivity index (χ1n) is 6.15. The summed E-state index contributed by atoms with van der Waals surface area (Å²) < 4.78 is 0. The van der Waals surface area contributed by atoms with Gasteiger partial charge in [0.1, 0.15) is 0 Å². The maximum Gasteiger partial charge on any atom is 0.0402 e. The van der Waals surface area contributed by atoms with E-state index in [1.807, 2.05) is 0 Å². The molecule has 1 unspecified atom stereocenters. The molecule has 0 bridgehead atoms. The summed E-state index contributed by atoms with van der Waals surface area (Å²) in [6.45, 7) is 3.58.